The molecule has 1 aromatic rings. The summed E-state index contributed by atoms with van der Waals surface area (Å²) in [5.74, 6) is -0.447. The Morgan fingerprint density at radius 1 is 1.33 bits per heavy atom. The van der Waals surface area contributed by atoms with E-state index in [4.69, 9.17) is 16.7 Å². The molecule has 72 valence electrons. The van der Waals surface area contributed by atoms with E-state index in [1.807, 2.05) is 0 Å². The molecule has 0 spiro atoms. The first-order valence-corrected chi connectivity index (χ1v) is 4.92. The van der Waals surface area contributed by atoms with Crippen LogP contribution in [0.4, 0.5) is 0 Å². The van der Waals surface area contributed by atoms with E-state index in [2.05, 4.69) is 4.52 Å². The average molecular weight is 268 g/mol. The molecule has 0 atom stereocenters. The third-order valence-electron chi connectivity index (χ3n) is 1.13. The van der Waals surface area contributed by atoms with Crippen molar-refractivity contribution in [3.63, 3.8) is 0 Å². The Hall–Kier alpha value is 1.26. The molecule has 0 fully saturated rings. The summed E-state index contributed by atoms with van der Waals surface area (Å²) in [5.41, 5.74) is 0. The molecule has 1 N–H and O–H groups in total. The predicted molar refractivity (Wildman–Crippen MR) is 41.4 cm³/mol. The van der Waals surface area contributed by atoms with Crippen LogP contribution in [-0.4, -0.2) is 5.11 Å². The van der Waals surface area contributed by atoms with Gasteiger partial charge in [-0.05, 0) is 12.1 Å². The number of phosphoric ester groups is 1. The summed E-state index contributed by atoms with van der Waals surface area (Å²) in [5, 5.41) is 8.72. The van der Waals surface area contributed by atoms with Gasteiger partial charge in [-0.25, -0.2) is 0 Å². The van der Waals surface area contributed by atoms with Crippen LogP contribution in [0.2, 0.25) is 5.02 Å². The van der Waals surface area contributed by atoms with Crippen LogP contribution in [0.5, 0.6) is 11.5 Å². The van der Waals surface area contributed by atoms with Crippen LogP contribution in [0.3, 0.4) is 0 Å². The number of phenolic OH excluding ortho intramolecular Hbond substituents is 1. The van der Waals surface area contributed by atoms with E-state index in [0.717, 1.165) is 18.2 Å². The molecule has 0 unspecified atom stereocenters. The van der Waals surface area contributed by atoms with Gasteiger partial charge in [0.05, 0.1) is 5.02 Å². The van der Waals surface area contributed by atoms with Crippen LogP contribution in [0.1, 0.15) is 0 Å². The molecule has 0 saturated carbocycles. The average Bonchev–Trinajstić information content (AvgIpc) is 1.93. The molecule has 0 aliphatic carbocycles. The van der Waals surface area contributed by atoms with Crippen molar-refractivity contribution in [2.45, 2.75) is 0 Å². The van der Waals surface area contributed by atoms with Gasteiger partial charge in [0.2, 0.25) is 0 Å². The first-order valence-electron chi connectivity index (χ1n) is 3.09. The normalized spacial score (nSPS) is 9.80. The van der Waals surface area contributed by atoms with Crippen LogP contribution in [0, 0.1) is 0 Å². The van der Waals surface area contributed by atoms with Gasteiger partial charge in [-0.1, -0.05) is 11.6 Å². The molecular weight excluding hydrogens is 264 g/mol. The molecule has 5 nitrogen and oxygen atoms in total. The molecule has 15 heavy (non-hydrogen) atoms. The minimum Gasteiger partial charge on any atom is -0.780 e. The summed E-state index contributed by atoms with van der Waals surface area (Å²) in [7, 11) is -5.10. The number of phosphoric acid groups is 1. The molecule has 0 saturated heterocycles. The van der Waals surface area contributed by atoms with E-state index in [0.29, 0.717) is 0 Å². The largest absolute Gasteiger partial charge is 1.00 e. The fraction of sp³-hybridized carbons (Fsp3) is 0. The van der Waals surface area contributed by atoms with Crippen molar-refractivity contribution in [1.29, 1.82) is 0 Å². The third-order valence-corrected chi connectivity index (χ3v) is 1.84. The van der Waals surface area contributed by atoms with Crippen molar-refractivity contribution in [1.82, 2.24) is 0 Å². The van der Waals surface area contributed by atoms with Gasteiger partial charge < -0.3 is 24.0 Å². The SMILES string of the molecule is O=P([O-])([O-])Oc1ccc(O)cc1Cl.[Na+].[Na+]. The number of aromatic hydroxyl groups is 1. The maximum atomic E-state index is 10.2. The number of halogens is 1. The van der Waals surface area contributed by atoms with E-state index in [9.17, 15) is 14.4 Å². The topological polar surface area (TPSA) is 92.7 Å². The molecule has 1 rings (SSSR count). The number of hydrogen-bond acceptors (Lipinski definition) is 5. The molecule has 0 aliphatic heterocycles. The second-order valence-electron chi connectivity index (χ2n) is 2.15. The van der Waals surface area contributed by atoms with Gasteiger partial charge in [-0.15, -0.1) is 0 Å². The minimum atomic E-state index is -5.10. The fourth-order valence-corrected chi connectivity index (χ4v) is 1.35. The second kappa shape index (κ2) is 7.56. The first-order chi connectivity index (χ1) is 5.88. The van der Waals surface area contributed by atoms with Crippen molar-refractivity contribution in [3.8, 4) is 11.5 Å². The Balaban J connectivity index is 0. The third kappa shape index (κ3) is 7.23. The van der Waals surface area contributed by atoms with Gasteiger partial charge in [-0.3, -0.25) is 0 Å². The van der Waals surface area contributed by atoms with Crippen LogP contribution in [0.25, 0.3) is 0 Å². The molecular formula is C6H4ClNa2O5P. The Labute approximate surface area is 136 Å². The maximum Gasteiger partial charge on any atom is 1.00 e. The second-order valence-corrected chi connectivity index (χ2v) is 3.64. The van der Waals surface area contributed by atoms with Gasteiger partial charge in [0, 0.05) is 6.07 Å². The van der Waals surface area contributed by atoms with Crippen LogP contribution in [0.15, 0.2) is 18.2 Å². The summed E-state index contributed by atoms with van der Waals surface area (Å²) >= 11 is 5.45. The fourth-order valence-electron chi connectivity index (χ4n) is 0.684. The van der Waals surface area contributed by atoms with Crippen LogP contribution < -0.4 is 73.4 Å². The predicted octanol–water partition coefficient (Wildman–Crippen LogP) is -5.74. The van der Waals surface area contributed by atoms with Crippen LogP contribution in [-0.2, 0) is 4.57 Å². The zero-order valence-corrected chi connectivity index (χ0v) is 13.8. The smallest absolute Gasteiger partial charge is 0.780 e. The van der Waals surface area contributed by atoms with E-state index < -0.39 is 7.82 Å². The Morgan fingerprint density at radius 3 is 2.27 bits per heavy atom. The zero-order valence-electron chi connectivity index (χ0n) is 8.14. The van der Waals surface area contributed by atoms with Crippen molar-refractivity contribution in [2.24, 2.45) is 0 Å². The maximum absolute atomic E-state index is 10.2. The van der Waals surface area contributed by atoms with Crippen LogP contribution >= 0.6 is 19.4 Å². The van der Waals surface area contributed by atoms with E-state index in [1.54, 1.807) is 0 Å². The summed E-state index contributed by atoms with van der Waals surface area (Å²) in [6, 6.07) is 3.30. The van der Waals surface area contributed by atoms with Gasteiger partial charge in [0.15, 0.2) is 0 Å². The Bertz CT molecular complexity index is 369. The van der Waals surface area contributed by atoms with Gasteiger partial charge in [0.1, 0.15) is 19.3 Å². The van der Waals surface area contributed by atoms with E-state index >= 15 is 0 Å². The molecule has 9 heteroatoms. The summed E-state index contributed by atoms with van der Waals surface area (Å²) in [6.07, 6.45) is 0. The molecule has 0 radical (unpaired) electrons. The standard InChI is InChI=1S/C6H6ClO5P.2Na/c7-5-3-4(8)1-2-6(5)12-13(9,10)11;;/h1-3,8H,(H2,9,10,11);;/q;2*+1/p-2. The van der Waals surface area contributed by atoms with Crippen molar-refractivity contribution >= 4 is 19.4 Å². The van der Waals surface area contributed by atoms with E-state index in [1.165, 1.54) is 0 Å². The number of hydrogen-bond donors (Lipinski definition) is 1. The zero-order chi connectivity index (χ0) is 10.1. The Kier molecular flexibility index (Phi) is 9.38. The summed E-state index contributed by atoms with van der Waals surface area (Å²) in [6.45, 7) is 0. The quantitative estimate of drug-likeness (QED) is 0.426. The minimum absolute atomic E-state index is 0. The van der Waals surface area contributed by atoms with Crippen molar-refractivity contribution in [3.05, 3.63) is 23.2 Å². The van der Waals surface area contributed by atoms with Gasteiger partial charge in [0.25, 0.3) is 0 Å². The van der Waals surface area contributed by atoms with Gasteiger partial charge in [-0.2, -0.15) is 0 Å². The number of rotatable bonds is 2. The van der Waals surface area contributed by atoms with Crippen molar-refractivity contribution in [2.75, 3.05) is 0 Å². The van der Waals surface area contributed by atoms with E-state index in [-0.39, 0.29) is 75.6 Å². The molecule has 0 heterocycles. The van der Waals surface area contributed by atoms with Crippen molar-refractivity contribution < 1.29 is 83.1 Å². The summed E-state index contributed by atoms with van der Waals surface area (Å²) in [4.78, 5) is 20.3. The molecule has 0 bridgehead atoms. The molecule has 0 aromatic heterocycles. The monoisotopic (exact) mass is 268 g/mol. The number of benzene rings is 1. The number of phenols is 1. The molecule has 0 aliphatic rings. The molecule has 0 amide bonds. The molecule has 1 aromatic carbocycles. The van der Waals surface area contributed by atoms with Gasteiger partial charge >= 0.3 is 59.1 Å². The first kappa shape index (κ1) is 18.6. The Morgan fingerprint density at radius 2 is 1.87 bits per heavy atom. The summed E-state index contributed by atoms with van der Waals surface area (Å²) < 4.78 is 14.2.